The zero-order valence-corrected chi connectivity index (χ0v) is 16.0. The maximum atomic E-state index is 12.4. The van der Waals surface area contributed by atoms with Crippen LogP contribution in [0.4, 0.5) is 0 Å². The first-order valence-electron chi connectivity index (χ1n) is 9.06. The molecule has 26 heavy (non-hydrogen) atoms. The standard InChI is InChI=1S/C18H27N3O4S/c1-26(23,24)21-9-5-8-17(21)18(22)19-12-16-14-20(10-11-25-16)13-15-6-3-2-4-7-15/h2-4,6-7,16-17H,5,8-14H2,1H3,(H,19,22). The molecule has 2 saturated heterocycles. The number of nitrogens with zero attached hydrogens (tertiary/aromatic N) is 2. The Balaban J connectivity index is 1.49. The first-order chi connectivity index (χ1) is 12.4. The number of ether oxygens (including phenoxy) is 1. The van der Waals surface area contributed by atoms with Crippen molar-refractivity contribution in [1.29, 1.82) is 0 Å². The number of benzene rings is 1. The Hall–Kier alpha value is -1.48. The highest BCUT2D eigenvalue weighted by Crippen LogP contribution is 2.20. The highest BCUT2D eigenvalue weighted by Gasteiger charge is 2.36. The van der Waals surface area contributed by atoms with E-state index in [-0.39, 0.29) is 12.0 Å². The lowest BCUT2D eigenvalue weighted by Gasteiger charge is -2.33. The highest BCUT2D eigenvalue weighted by molar-refractivity contribution is 7.88. The summed E-state index contributed by atoms with van der Waals surface area (Å²) in [6.07, 6.45) is 2.37. The summed E-state index contributed by atoms with van der Waals surface area (Å²) < 4.78 is 30.6. The molecule has 8 heteroatoms. The Morgan fingerprint density at radius 3 is 2.77 bits per heavy atom. The number of hydrogen-bond acceptors (Lipinski definition) is 5. The van der Waals surface area contributed by atoms with Crippen molar-refractivity contribution >= 4 is 15.9 Å². The largest absolute Gasteiger partial charge is 0.374 e. The van der Waals surface area contributed by atoms with Gasteiger partial charge in [0, 0.05) is 32.7 Å². The van der Waals surface area contributed by atoms with Crippen molar-refractivity contribution in [3.05, 3.63) is 35.9 Å². The molecule has 2 heterocycles. The molecule has 2 aliphatic heterocycles. The van der Waals surface area contributed by atoms with Crippen molar-refractivity contribution in [2.24, 2.45) is 0 Å². The van der Waals surface area contributed by atoms with Crippen LogP contribution < -0.4 is 5.32 Å². The lowest BCUT2D eigenvalue weighted by atomic mass is 10.2. The third kappa shape index (κ3) is 5.03. The summed E-state index contributed by atoms with van der Waals surface area (Å²) >= 11 is 0. The van der Waals surface area contributed by atoms with Crippen LogP contribution in [-0.2, 0) is 26.1 Å². The Labute approximate surface area is 155 Å². The number of nitrogens with one attached hydrogen (secondary N) is 1. The third-order valence-electron chi connectivity index (χ3n) is 4.91. The SMILES string of the molecule is CS(=O)(=O)N1CCCC1C(=O)NCC1CN(Cc2ccccc2)CCO1. The fraction of sp³-hybridized carbons (Fsp3) is 0.611. The molecule has 2 fully saturated rings. The van der Waals surface area contributed by atoms with Crippen molar-refractivity contribution in [2.75, 3.05) is 39.0 Å². The predicted octanol–water partition coefficient (Wildman–Crippen LogP) is 0.428. The van der Waals surface area contributed by atoms with Gasteiger partial charge in [0.1, 0.15) is 6.04 Å². The maximum absolute atomic E-state index is 12.4. The zero-order chi connectivity index (χ0) is 18.6. The summed E-state index contributed by atoms with van der Waals surface area (Å²) in [5, 5.41) is 2.88. The summed E-state index contributed by atoms with van der Waals surface area (Å²) in [4.78, 5) is 14.7. The van der Waals surface area contributed by atoms with E-state index in [1.54, 1.807) is 0 Å². The van der Waals surface area contributed by atoms with Gasteiger partial charge in [0.2, 0.25) is 15.9 Å². The van der Waals surface area contributed by atoms with E-state index in [2.05, 4.69) is 22.3 Å². The van der Waals surface area contributed by atoms with Crippen LogP contribution in [0.25, 0.3) is 0 Å². The molecule has 2 aliphatic rings. The molecular weight excluding hydrogens is 354 g/mol. The molecule has 1 N–H and O–H groups in total. The number of amides is 1. The van der Waals surface area contributed by atoms with E-state index in [0.29, 0.717) is 26.1 Å². The molecule has 1 amide bonds. The van der Waals surface area contributed by atoms with Crippen molar-refractivity contribution in [1.82, 2.24) is 14.5 Å². The average Bonchev–Trinajstić information content (AvgIpc) is 3.11. The molecule has 0 radical (unpaired) electrons. The number of morpholine rings is 1. The minimum atomic E-state index is -3.35. The molecule has 0 aliphatic carbocycles. The predicted molar refractivity (Wildman–Crippen MR) is 99.0 cm³/mol. The van der Waals surface area contributed by atoms with Crippen molar-refractivity contribution in [2.45, 2.75) is 31.5 Å². The van der Waals surface area contributed by atoms with E-state index in [0.717, 1.165) is 32.3 Å². The van der Waals surface area contributed by atoms with Crippen LogP contribution in [-0.4, -0.2) is 74.7 Å². The van der Waals surface area contributed by atoms with E-state index in [9.17, 15) is 13.2 Å². The Morgan fingerprint density at radius 1 is 1.27 bits per heavy atom. The van der Waals surface area contributed by atoms with E-state index in [1.807, 2.05) is 18.2 Å². The second-order valence-electron chi connectivity index (χ2n) is 6.99. The van der Waals surface area contributed by atoms with Crippen LogP contribution >= 0.6 is 0 Å². The van der Waals surface area contributed by atoms with Crippen LogP contribution in [0.2, 0.25) is 0 Å². The average molecular weight is 381 g/mol. The summed E-state index contributed by atoms with van der Waals surface area (Å²) in [5.41, 5.74) is 1.26. The van der Waals surface area contributed by atoms with E-state index < -0.39 is 16.1 Å². The Morgan fingerprint density at radius 2 is 2.04 bits per heavy atom. The van der Waals surface area contributed by atoms with Crippen LogP contribution in [0.15, 0.2) is 30.3 Å². The number of rotatable bonds is 6. The fourth-order valence-electron chi connectivity index (χ4n) is 3.62. The smallest absolute Gasteiger partial charge is 0.238 e. The van der Waals surface area contributed by atoms with E-state index >= 15 is 0 Å². The second kappa shape index (κ2) is 8.47. The molecule has 0 aromatic heterocycles. The first kappa shape index (κ1) is 19.3. The number of sulfonamides is 1. The molecule has 2 unspecified atom stereocenters. The fourth-order valence-corrected chi connectivity index (χ4v) is 4.74. The van der Waals surface area contributed by atoms with Crippen LogP contribution in [0, 0.1) is 0 Å². The summed E-state index contributed by atoms with van der Waals surface area (Å²) in [7, 11) is -3.35. The van der Waals surface area contributed by atoms with Gasteiger partial charge in [-0.25, -0.2) is 8.42 Å². The Kier molecular flexibility index (Phi) is 6.29. The molecule has 2 atom stereocenters. The number of carbonyl (C=O) groups is 1. The lowest BCUT2D eigenvalue weighted by molar-refractivity contribution is -0.125. The van der Waals surface area contributed by atoms with Crippen LogP contribution in [0.3, 0.4) is 0 Å². The van der Waals surface area contributed by atoms with Gasteiger partial charge in [-0.2, -0.15) is 4.31 Å². The molecule has 0 saturated carbocycles. The second-order valence-corrected chi connectivity index (χ2v) is 8.93. The van der Waals surface area contributed by atoms with Crippen molar-refractivity contribution in [3.63, 3.8) is 0 Å². The minimum Gasteiger partial charge on any atom is -0.374 e. The van der Waals surface area contributed by atoms with Gasteiger partial charge in [-0.3, -0.25) is 9.69 Å². The lowest BCUT2D eigenvalue weighted by Crippen LogP contribution is -2.51. The molecular formula is C18H27N3O4S. The zero-order valence-electron chi connectivity index (χ0n) is 15.1. The minimum absolute atomic E-state index is 0.0792. The molecule has 0 spiro atoms. The maximum Gasteiger partial charge on any atom is 0.238 e. The van der Waals surface area contributed by atoms with Gasteiger partial charge < -0.3 is 10.1 Å². The molecule has 0 bridgehead atoms. The first-order valence-corrected chi connectivity index (χ1v) is 10.9. The van der Waals surface area contributed by atoms with Gasteiger partial charge in [0.25, 0.3) is 0 Å². The van der Waals surface area contributed by atoms with Gasteiger partial charge in [-0.15, -0.1) is 0 Å². The van der Waals surface area contributed by atoms with Crippen LogP contribution in [0.1, 0.15) is 18.4 Å². The van der Waals surface area contributed by atoms with Gasteiger partial charge in [0.05, 0.1) is 19.0 Å². The van der Waals surface area contributed by atoms with Crippen molar-refractivity contribution in [3.8, 4) is 0 Å². The normalized spacial score (nSPS) is 25.3. The van der Waals surface area contributed by atoms with E-state index in [1.165, 1.54) is 9.87 Å². The van der Waals surface area contributed by atoms with Crippen LogP contribution in [0.5, 0.6) is 0 Å². The summed E-state index contributed by atoms with van der Waals surface area (Å²) in [6.45, 7) is 3.92. The highest BCUT2D eigenvalue weighted by atomic mass is 32.2. The molecule has 144 valence electrons. The summed E-state index contributed by atoms with van der Waals surface area (Å²) in [5.74, 6) is -0.225. The molecule has 7 nitrogen and oxygen atoms in total. The topological polar surface area (TPSA) is 79.0 Å². The van der Waals surface area contributed by atoms with Crippen molar-refractivity contribution < 1.29 is 17.9 Å². The summed E-state index contributed by atoms with van der Waals surface area (Å²) in [6, 6.07) is 9.68. The quantitative estimate of drug-likeness (QED) is 0.773. The van der Waals surface area contributed by atoms with Gasteiger partial charge in [-0.05, 0) is 18.4 Å². The number of carbonyl (C=O) groups excluding carboxylic acids is 1. The van der Waals surface area contributed by atoms with E-state index in [4.69, 9.17) is 4.74 Å². The molecule has 3 rings (SSSR count). The molecule has 1 aromatic carbocycles. The van der Waals surface area contributed by atoms with Gasteiger partial charge in [0.15, 0.2) is 0 Å². The monoisotopic (exact) mass is 381 g/mol. The van der Waals surface area contributed by atoms with Gasteiger partial charge >= 0.3 is 0 Å². The molecule has 1 aromatic rings. The third-order valence-corrected chi connectivity index (χ3v) is 6.20. The van der Waals surface area contributed by atoms with Gasteiger partial charge in [-0.1, -0.05) is 30.3 Å². The Bertz CT molecular complexity index is 710. The number of hydrogen-bond donors (Lipinski definition) is 1.